The van der Waals surface area contributed by atoms with Crippen molar-refractivity contribution in [1.29, 1.82) is 0 Å². The number of aromatic nitrogens is 2. The van der Waals surface area contributed by atoms with Crippen LogP contribution in [0.3, 0.4) is 0 Å². The lowest BCUT2D eigenvalue weighted by Gasteiger charge is -2.30. The summed E-state index contributed by atoms with van der Waals surface area (Å²) in [6.07, 6.45) is 1.08. The maximum absolute atomic E-state index is 4.84. The largest absolute Gasteiger partial charge is 0.324 e. The Balaban J connectivity index is 2.02. The lowest BCUT2D eigenvalue weighted by atomic mass is 9.77. The number of fused-ring (bicyclic) bond motifs is 1. The first kappa shape index (κ1) is 15.8. The molecule has 0 saturated carbocycles. The highest BCUT2D eigenvalue weighted by molar-refractivity contribution is 5.71. The topological polar surface area (TPSA) is 17.8 Å². The molecule has 1 heterocycles. The average molecular weight is 306 g/mol. The van der Waals surface area contributed by atoms with Crippen molar-refractivity contribution in [3.8, 4) is 0 Å². The first-order valence-electron chi connectivity index (χ1n) is 8.46. The molecule has 2 aromatic rings. The molecule has 2 heteroatoms. The van der Waals surface area contributed by atoms with E-state index in [4.69, 9.17) is 4.98 Å². The molecule has 1 aliphatic carbocycles. The maximum atomic E-state index is 4.84. The number of allylic oxidation sites excluding steroid dienone is 2. The molecule has 120 valence electrons. The number of rotatable bonds is 3. The average Bonchev–Trinajstić information content (AvgIpc) is 2.88. The van der Waals surface area contributed by atoms with Crippen LogP contribution < -0.4 is 0 Å². The van der Waals surface area contributed by atoms with Gasteiger partial charge < -0.3 is 4.57 Å². The fourth-order valence-corrected chi connectivity index (χ4v) is 3.46. The van der Waals surface area contributed by atoms with Gasteiger partial charge in [0.15, 0.2) is 0 Å². The van der Waals surface area contributed by atoms with Gasteiger partial charge in [-0.05, 0) is 30.0 Å². The first-order valence-corrected chi connectivity index (χ1v) is 8.46. The molecule has 0 saturated heterocycles. The van der Waals surface area contributed by atoms with Crippen LogP contribution >= 0.6 is 0 Å². The van der Waals surface area contributed by atoms with Gasteiger partial charge in [-0.1, -0.05) is 63.8 Å². The minimum atomic E-state index is 0.299. The molecular weight excluding hydrogens is 280 g/mol. The second kappa shape index (κ2) is 5.84. The molecule has 2 unspecified atom stereocenters. The Morgan fingerprint density at radius 3 is 2.26 bits per heavy atom. The van der Waals surface area contributed by atoms with Gasteiger partial charge >= 0.3 is 0 Å². The summed E-state index contributed by atoms with van der Waals surface area (Å²) in [4.78, 5) is 4.84. The Morgan fingerprint density at radius 1 is 1.04 bits per heavy atom. The third-order valence-corrected chi connectivity index (χ3v) is 5.31. The van der Waals surface area contributed by atoms with Crippen LogP contribution in [0.1, 0.15) is 55.0 Å². The van der Waals surface area contributed by atoms with Crippen molar-refractivity contribution < 1.29 is 0 Å². The van der Waals surface area contributed by atoms with Crippen molar-refractivity contribution in [3.05, 3.63) is 71.3 Å². The van der Waals surface area contributed by atoms with Gasteiger partial charge in [-0.2, -0.15) is 0 Å². The monoisotopic (exact) mass is 306 g/mol. The molecule has 1 aliphatic rings. The molecule has 0 amide bonds. The molecule has 2 atom stereocenters. The van der Waals surface area contributed by atoms with Crippen molar-refractivity contribution in [3.63, 3.8) is 0 Å². The van der Waals surface area contributed by atoms with Crippen LogP contribution in [-0.2, 0) is 13.0 Å². The maximum Gasteiger partial charge on any atom is 0.106 e. The van der Waals surface area contributed by atoms with E-state index in [-0.39, 0.29) is 0 Å². The van der Waals surface area contributed by atoms with E-state index in [0.717, 1.165) is 30.1 Å². The first-order chi connectivity index (χ1) is 10.9. The lowest BCUT2D eigenvalue weighted by Crippen LogP contribution is -2.19. The lowest BCUT2D eigenvalue weighted by molar-refractivity contribution is 0.687. The van der Waals surface area contributed by atoms with E-state index in [1.54, 1.807) is 0 Å². The quantitative estimate of drug-likeness (QED) is 0.719. The summed E-state index contributed by atoms with van der Waals surface area (Å²) < 4.78 is 2.32. The van der Waals surface area contributed by atoms with Crippen molar-refractivity contribution in [2.45, 2.75) is 46.6 Å². The second-order valence-corrected chi connectivity index (χ2v) is 6.69. The summed E-state index contributed by atoms with van der Waals surface area (Å²) in [5, 5.41) is 0. The van der Waals surface area contributed by atoms with Gasteiger partial charge in [-0.3, -0.25) is 0 Å². The Hall–Kier alpha value is -2.09. The van der Waals surface area contributed by atoms with Gasteiger partial charge in [0.05, 0.1) is 11.4 Å². The summed E-state index contributed by atoms with van der Waals surface area (Å²) >= 11 is 0. The molecule has 0 bridgehead atoms. The van der Waals surface area contributed by atoms with E-state index >= 15 is 0 Å². The van der Waals surface area contributed by atoms with Gasteiger partial charge in [0.25, 0.3) is 0 Å². The molecule has 1 aromatic carbocycles. The van der Waals surface area contributed by atoms with Crippen LogP contribution in [0, 0.1) is 12.8 Å². The van der Waals surface area contributed by atoms with E-state index < -0.39 is 0 Å². The molecule has 0 spiro atoms. The molecular formula is C21H26N2. The minimum absolute atomic E-state index is 0.299. The minimum Gasteiger partial charge on any atom is -0.324 e. The fourth-order valence-electron chi connectivity index (χ4n) is 3.46. The molecule has 3 rings (SSSR count). The Morgan fingerprint density at radius 2 is 1.65 bits per heavy atom. The highest BCUT2D eigenvalue weighted by Crippen LogP contribution is 2.43. The molecule has 23 heavy (non-hydrogen) atoms. The number of imidazole rings is 1. The molecule has 0 radical (unpaired) electrons. The van der Waals surface area contributed by atoms with Gasteiger partial charge in [-0.25, -0.2) is 4.98 Å². The summed E-state index contributed by atoms with van der Waals surface area (Å²) in [7, 11) is 0. The zero-order valence-corrected chi connectivity index (χ0v) is 14.7. The normalized spacial score (nSPS) is 20.7. The number of hydrogen-bond acceptors (Lipinski definition) is 1. The molecule has 1 aromatic heterocycles. The van der Waals surface area contributed by atoms with E-state index in [1.165, 1.54) is 22.4 Å². The highest BCUT2D eigenvalue weighted by atomic mass is 15.1. The number of nitrogens with zero attached hydrogens (tertiary/aromatic N) is 2. The Kier molecular flexibility index (Phi) is 4.01. The predicted octanol–water partition coefficient (Wildman–Crippen LogP) is 5.12. The summed E-state index contributed by atoms with van der Waals surface area (Å²) in [6, 6.07) is 8.88. The molecule has 0 aliphatic heterocycles. The van der Waals surface area contributed by atoms with Gasteiger partial charge in [0.2, 0.25) is 0 Å². The van der Waals surface area contributed by atoms with Crippen LogP contribution in [0.5, 0.6) is 0 Å². The van der Waals surface area contributed by atoms with Gasteiger partial charge in [-0.15, -0.1) is 0 Å². The highest BCUT2D eigenvalue weighted by Gasteiger charge is 2.32. The van der Waals surface area contributed by atoms with E-state index in [1.807, 2.05) is 0 Å². The van der Waals surface area contributed by atoms with Crippen molar-refractivity contribution in [2.75, 3.05) is 0 Å². The third kappa shape index (κ3) is 2.56. The summed E-state index contributed by atoms with van der Waals surface area (Å²) in [6.45, 7) is 18.1. The summed E-state index contributed by atoms with van der Waals surface area (Å²) in [5.41, 5.74) is 7.41. The number of aryl methyl sites for hydroxylation is 2. The van der Waals surface area contributed by atoms with Crippen molar-refractivity contribution >= 4 is 5.57 Å². The Labute approximate surface area is 139 Å². The SMILES string of the molecule is C=C1c2c(nc(C)n2Cc2ccc(CC)cc2)C(C)C(=C)C1C. The molecule has 2 nitrogen and oxygen atoms in total. The zero-order chi connectivity index (χ0) is 16.7. The van der Waals surface area contributed by atoms with E-state index in [2.05, 4.69) is 69.7 Å². The molecule has 0 N–H and O–H groups in total. The summed E-state index contributed by atoms with van der Waals surface area (Å²) in [5.74, 6) is 1.67. The van der Waals surface area contributed by atoms with E-state index in [0.29, 0.717) is 11.8 Å². The Bertz CT molecular complexity index is 762. The third-order valence-electron chi connectivity index (χ3n) is 5.31. The number of hydrogen-bond donors (Lipinski definition) is 0. The van der Waals surface area contributed by atoms with Crippen LogP contribution in [0.15, 0.2) is 43.0 Å². The van der Waals surface area contributed by atoms with Crippen LogP contribution in [0.2, 0.25) is 0 Å². The van der Waals surface area contributed by atoms with Crippen molar-refractivity contribution in [2.24, 2.45) is 5.92 Å². The standard InChI is InChI=1S/C21H26N2/c1-7-18-8-10-19(11-9-18)12-23-17(6)22-20-15(4)13(2)14(3)16(5)21(20)23/h8-11,14-15H,2,5,7,12H2,1,3-4,6H3. The van der Waals surface area contributed by atoms with Crippen molar-refractivity contribution in [1.82, 2.24) is 9.55 Å². The zero-order valence-electron chi connectivity index (χ0n) is 14.7. The van der Waals surface area contributed by atoms with Gasteiger partial charge in [0, 0.05) is 18.4 Å². The van der Waals surface area contributed by atoms with Crippen LogP contribution in [0.25, 0.3) is 5.57 Å². The van der Waals surface area contributed by atoms with Crippen LogP contribution in [-0.4, -0.2) is 9.55 Å². The molecule has 0 fully saturated rings. The van der Waals surface area contributed by atoms with Gasteiger partial charge in [0.1, 0.15) is 5.82 Å². The smallest absolute Gasteiger partial charge is 0.106 e. The fraction of sp³-hybridized carbons (Fsp3) is 0.381. The number of benzene rings is 1. The van der Waals surface area contributed by atoms with E-state index in [9.17, 15) is 0 Å². The van der Waals surface area contributed by atoms with Crippen LogP contribution in [0.4, 0.5) is 0 Å². The predicted molar refractivity (Wildman–Crippen MR) is 97.6 cm³/mol. The second-order valence-electron chi connectivity index (χ2n) is 6.69.